The fourth-order valence-electron chi connectivity index (χ4n) is 1.13. The average molecular weight is 354 g/mol. The van der Waals surface area contributed by atoms with E-state index in [1.54, 1.807) is 4.90 Å². The number of guanidine groups is 1. The predicted octanol–water partition coefficient (Wildman–Crippen LogP) is 2.38. The van der Waals surface area contributed by atoms with E-state index in [0.29, 0.717) is 12.5 Å². The molecule has 1 aromatic rings. The van der Waals surface area contributed by atoms with Crippen molar-refractivity contribution < 1.29 is 0 Å². The van der Waals surface area contributed by atoms with Crippen molar-refractivity contribution in [3.8, 4) is 0 Å². The van der Waals surface area contributed by atoms with Crippen molar-refractivity contribution in [3.63, 3.8) is 0 Å². The molecule has 0 atom stereocenters. The molecule has 0 aliphatic rings. The smallest absolute Gasteiger partial charge is 0.190 e. The van der Waals surface area contributed by atoms with Crippen LogP contribution in [0.25, 0.3) is 0 Å². The molecule has 0 unspecified atom stereocenters. The molecular weight excluding hydrogens is 336 g/mol. The highest BCUT2D eigenvalue weighted by Crippen LogP contribution is 2.15. The van der Waals surface area contributed by atoms with Gasteiger partial charge in [0.25, 0.3) is 0 Å². The molecule has 0 spiro atoms. The van der Waals surface area contributed by atoms with E-state index in [2.05, 4.69) is 4.99 Å². The maximum atomic E-state index is 6.01. The van der Waals surface area contributed by atoms with Gasteiger partial charge in [-0.1, -0.05) is 29.8 Å². The van der Waals surface area contributed by atoms with Gasteiger partial charge in [-0.3, -0.25) is 4.99 Å². The minimum Gasteiger partial charge on any atom is -0.370 e. The molecule has 0 aliphatic carbocycles. The fourth-order valence-corrected chi connectivity index (χ4v) is 1.36. The molecule has 16 heavy (non-hydrogen) atoms. The van der Waals surface area contributed by atoms with Crippen molar-refractivity contribution >= 4 is 41.5 Å². The zero-order valence-corrected chi connectivity index (χ0v) is 12.6. The SMILES string of the molecule is CN(C)C(N)=NCCc1ccccc1Cl.I. The van der Waals surface area contributed by atoms with E-state index < -0.39 is 0 Å². The standard InChI is InChI=1S/C11H16ClN3.HI/c1-15(2)11(13)14-8-7-9-5-3-4-6-10(9)12;/h3-6H,7-8H2,1-2H3,(H2,13,14);1H. The van der Waals surface area contributed by atoms with Crippen molar-refractivity contribution in [2.75, 3.05) is 20.6 Å². The summed E-state index contributed by atoms with van der Waals surface area (Å²) in [5.41, 5.74) is 6.77. The molecule has 0 saturated carbocycles. The normalized spacial score (nSPS) is 10.8. The first-order chi connectivity index (χ1) is 7.11. The van der Waals surface area contributed by atoms with Gasteiger partial charge in [0, 0.05) is 25.7 Å². The second-order valence-corrected chi connectivity index (χ2v) is 3.88. The van der Waals surface area contributed by atoms with Gasteiger partial charge in [0.2, 0.25) is 0 Å². The first-order valence-electron chi connectivity index (χ1n) is 4.82. The summed E-state index contributed by atoms with van der Waals surface area (Å²) in [5.74, 6) is 0.544. The quantitative estimate of drug-likeness (QED) is 0.515. The van der Waals surface area contributed by atoms with E-state index in [1.165, 1.54) is 0 Å². The second-order valence-electron chi connectivity index (χ2n) is 3.48. The van der Waals surface area contributed by atoms with Crippen molar-refractivity contribution in [1.29, 1.82) is 0 Å². The molecular formula is C11H17ClIN3. The van der Waals surface area contributed by atoms with Crippen LogP contribution in [0, 0.1) is 0 Å². The number of benzene rings is 1. The first-order valence-corrected chi connectivity index (χ1v) is 5.19. The largest absolute Gasteiger partial charge is 0.370 e. The van der Waals surface area contributed by atoms with Gasteiger partial charge in [0.15, 0.2) is 5.96 Å². The molecule has 1 rings (SSSR count). The Morgan fingerprint density at radius 1 is 1.38 bits per heavy atom. The van der Waals surface area contributed by atoms with Crippen LogP contribution in [0.5, 0.6) is 0 Å². The topological polar surface area (TPSA) is 41.6 Å². The molecule has 5 heteroatoms. The van der Waals surface area contributed by atoms with Gasteiger partial charge in [0.1, 0.15) is 0 Å². The Kier molecular flexibility index (Phi) is 7.49. The van der Waals surface area contributed by atoms with Crippen LogP contribution < -0.4 is 5.73 Å². The van der Waals surface area contributed by atoms with Crippen LogP contribution in [0.4, 0.5) is 0 Å². The minimum absolute atomic E-state index is 0. The number of halogens is 2. The third-order valence-corrected chi connectivity index (χ3v) is 2.44. The van der Waals surface area contributed by atoms with E-state index in [-0.39, 0.29) is 24.0 Å². The Morgan fingerprint density at radius 3 is 2.56 bits per heavy atom. The summed E-state index contributed by atoms with van der Waals surface area (Å²) in [6.07, 6.45) is 0.814. The summed E-state index contributed by atoms with van der Waals surface area (Å²) in [6, 6.07) is 7.78. The van der Waals surface area contributed by atoms with Gasteiger partial charge in [-0.15, -0.1) is 24.0 Å². The van der Waals surface area contributed by atoms with E-state index in [1.807, 2.05) is 38.4 Å². The van der Waals surface area contributed by atoms with E-state index in [9.17, 15) is 0 Å². The van der Waals surface area contributed by atoms with E-state index in [0.717, 1.165) is 17.0 Å². The van der Waals surface area contributed by atoms with Crippen molar-refractivity contribution in [1.82, 2.24) is 4.90 Å². The van der Waals surface area contributed by atoms with Gasteiger partial charge in [-0.25, -0.2) is 0 Å². The monoisotopic (exact) mass is 353 g/mol. The van der Waals surface area contributed by atoms with Crippen molar-refractivity contribution in [2.45, 2.75) is 6.42 Å². The van der Waals surface area contributed by atoms with E-state index in [4.69, 9.17) is 17.3 Å². The summed E-state index contributed by atoms with van der Waals surface area (Å²) >= 11 is 6.01. The Morgan fingerprint density at radius 2 is 2.00 bits per heavy atom. The predicted molar refractivity (Wildman–Crippen MR) is 80.7 cm³/mol. The number of aliphatic imine (C=N–C) groups is 1. The lowest BCUT2D eigenvalue weighted by Gasteiger charge is -2.10. The summed E-state index contributed by atoms with van der Waals surface area (Å²) in [4.78, 5) is 6.01. The third kappa shape index (κ3) is 5.03. The fraction of sp³-hybridized carbons (Fsp3) is 0.364. The molecule has 3 nitrogen and oxygen atoms in total. The molecule has 0 aliphatic heterocycles. The van der Waals surface area contributed by atoms with Crippen LogP contribution in [0.2, 0.25) is 5.02 Å². The number of rotatable bonds is 3. The molecule has 0 heterocycles. The Hall–Kier alpha value is -0.490. The molecule has 1 aromatic carbocycles. The van der Waals surface area contributed by atoms with Crippen molar-refractivity contribution in [2.24, 2.45) is 10.7 Å². The second kappa shape index (κ2) is 7.73. The summed E-state index contributed by atoms with van der Waals surface area (Å²) in [6.45, 7) is 0.660. The van der Waals surface area contributed by atoms with Gasteiger partial charge in [0.05, 0.1) is 0 Å². The Bertz CT molecular complexity index is 353. The van der Waals surface area contributed by atoms with Crippen LogP contribution in [0.1, 0.15) is 5.56 Å². The molecule has 0 fully saturated rings. The zero-order chi connectivity index (χ0) is 11.3. The van der Waals surface area contributed by atoms with Crippen LogP contribution in [-0.2, 0) is 6.42 Å². The molecule has 2 N–H and O–H groups in total. The first kappa shape index (κ1) is 15.5. The summed E-state index contributed by atoms with van der Waals surface area (Å²) in [7, 11) is 3.74. The molecule has 0 aromatic heterocycles. The highest BCUT2D eigenvalue weighted by atomic mass is 127. The number of nitrogens with zero attached hydrogens (tertiary/aromatic N) is 2. The van der Waals surface area contributed by atoms with Gasteiger partial charge in [-0.2, -0.15) is 0 Å². The average Bonchev–Trinajstić information content (AvgIpc) is 2.20. The van der Waals surface area contributed by atoms with Crippen LogP contribution in [0.3, 0.4) is 0 Å². The highest BCUT2D eigenvalue weighted by molar-refractivity contribution is 14.0. The van der Waals surface area contributed by atoms with Crippen LogP contribution in [-0.4, -0.2) is 31.5 Å². The molecule has 0 radical (unpaired) electrons. The number of nitrogens with two attached hydrogens (primary N) is 1. The van der Waals surface area contributed by atoms with Gasteiger partial charge >= 0.3 is 0 Å². The number of hydrogen-bond acceptors (Lipinski definition) is 1. The lowest BCUT2D eigenvalue weighted by molar-refractivity contribution is 0.609. The molecule has 0 saturated heterocycles. The lowest BCUT2D eigenvalue weighted by atomic mass is 10.1. The van der Waals surface area contributed by atoms with Gasteiger partial charge < -0.3 is 10.6 Å². The number of hydrogen-bond donors (Lipinski definition) is 1. The Balaban J connectivity index is 0.00000225. The maximum Gasteiger partial charge on any atom is 0.190 e. The summed E-state index contributed by atoms with van der Waals surface area (Å²) < 4.78 is 0. The summed E-state index contributed by atoms with van der Waals surface area (Å²) in [5, 5.41) is 0.788. The maximum absolute atomic E-state index is 6.01. The molecule has 0 bridgehead atoms. The molecule has 90 valence electrons. The van der Waals surface area contributed by atoms with Crippen molar-refractivity contribution in [3.05, 3.63) is 34.9 Å². The van der Waals surface area contributed by atoms with Crippen LogP contribution >= 0.6 is 35.6 Å². The highest BCUT2D eigenvalue weighted by Gasteiger charge is 1.98. The molecule has 0 amide bonds. The third-order valence-electron chi connectivity index (χ3n) is 2.07. The Labute approximate surface area is 119 Å². The minimum atomic E-state index is 0. The zero-order valence-electron chi connectivity index (χ0n) is 9.48. The van der Waals surface area contributed by atoms with Crippen LogP contribution in [0.15, 0.2) is 29.3 Å². The van der Waals surface area contributed by atoms with E-state index >= 15 is 0 Å². The lowest BCUT2D eigenvalue weighted by Crippen LogP contribution is -2.30. The van der Waals surface area contributed by atoms with Gasteiger partial charge in [-0.05, 0) is 18.1 Å².